The van der Waals surface area contributed by atoms with E-state index in [0.29, 0.717) is 18.9 Å². The zero-order valence-corrected chi connectivity index (χ0v) is 14.4. The standard InChI is InChI=1S/C10H5BrCl3NO2S2/c11-10-8(14)4-9(18-10)19(16,17)15-7-2-5(12)1-6(13)3-7/h1-4,15H. The van der Waals surface area contributed by atoms with Crippen LogP contribution in [0.4, 0.5) is 5.69 Å². The molecule has 0 unspecified atom stereocenters. The van der Waals surface area contributed by atoms with Gasteiger partial charge in [-0.15, -0.1) is 11.3 Å². The fourth-order valence-electron chi connectivity index (χ4n) is 1.28. The highest BCUT2D eigenvalue weighted by molar-refractivity contribution is 9.11. The van der Waals surface area contributed by atoms with Crippen LogP contribution in [0.5, 0.6) is 0 Å². The quantitative estimate of drug-likeness (QED) is 0.734. The molecule has 0 radical (unpaired) electrons. The van der Waals surface area contributed by atoms with Gasteiger partial charge in [-0.2, -0.15) is 0 Å². The molecule has 1 heterocycles. The average molecular weight is 422 g/mol. The third-order valence-corrected chi connectivity index (χ3v) is 6.77. The summed E-state index contributed by atoms with van der Waals surface area (Å²) >= 11 is 21.6. The second-order valence-electron chi connectivity index (χ2n) is 3.45. The minimum Gasteiger partial charge on any atom is -0.279 e. The van der Waals surface area contributed by atoms with Crippen molar-refractivity contribution in [3.63, 3.8) is 0 Å². The summed E-state index contributed by atoms with van der Waals surface area (Å²) in [6.07, 6.45) is 0. The van der Waals surface area contributed by atoms with E-state index in [0.717, 1.165) is 11.3 Å². The number of rotatable bonds is 3. The van der Waals surface area contributed by atoms with Crippen LogP contribution < -0.4 is 4.72 Å². The van der Waals surface area contributed by atoms with Crippen LogP contribution in [0.15, 0.2) is 32.3 Å². The van der Waals surface area contributed by atoms with Crippen LogP contribution in [-0.2, 0) is 10.0 Å². The van der Waals surface area contributed by atoms with Gasteiger partial charge in [-0.1, -0.05) is 34.8 Å². The van der Waals surface area contributed by atoms with Gasteiger partial charge in [-0.05, 0) is 40.2 Å². The Morgan fingerprint density at radius 3 is 2.11 bits per heavy atom. The summed E-state index contributed by atoms with van der Waals surface area (Å²) in [6.45, 7) is 0. The molecule has 9 heteroatoms. The Morgan fingerprint density at radius 2 is 1.63 bits per heavy atom. The van der Waals surface area contributed by atoms with Gasteiger partial charge in [0.2, 0.25) is 0 Å². The monoisotopic (exact) mass is 419 g/mol. The van der Waals surface area contributed by atoms with Crippen LogP contribution in [0.3, 0.4) is 0 Å². The molecule has 3 nitrogen and oxygen atoms in total. The lowest BCUT2D eigenvalue weighted by Crippen LogP contribution is -2.11. The van der Waals surface area contributed by atoms with Gasteiger partial charge in [0.15, 0.2) is 0 Å². The summed E-state index contributed by atoms with van der Waals surface area (Å²) in [7, 11) is -3.71. The fraction of sp³-hybridized carbons (Fsp3) is 0. The highest BCUT2D eigenvalue weighted by atomic mass is 79.9. The maximum atomic E-state index is 12.1. The number of thiophene rings is 1. The summed E-state index contributed by atoms with van der Waals surface area (Å²) in [6, 6.07) is 5.81. The molecule has 1 aromatic heterocycles. The molecule has 0 amide bonds. The van der Waals surface area contributed by atoms with E-state index in [-0.39, 0.29) is 9.90 Å². The first-order chi connectivity index (χ1) is 8.78. The number of hydrogen-bond donors (Lipinski definition) is 1. The van der Waals surface area contributed by atoms with Crippen molar-refractivity contribution in [1.82, 2.24) is 0 Å². The molecule has 0 saturated heterocycles. The van der Waals surface area contributed by atoms with Crippen molar-refractivity contribution in [2.75, 3.05) is 4.72 Å². The molecule has 2 aromatic rings. The molecule has 102 valence electrons. The minimum atomic E-state index is -3.71. The summed E-state index contributed by atoms with van der Waals surface area (Å²) in [5.74, 6) is 0. The molecule has 0 spiro atoms. The Hall–Kier alpha value is 0.0200. The van der Waals surface area contributed by atoms with E-state index >= 15 is 0 Å². The van der Waals surface area contributed by atoms with Crippen molar-refractivity contribution in [3.8, 4) is 0 Å². The van der Waals surface area contributed by atoms with Crippen molar-refractivity contribution in [2.45, 2.75) is 4.21 Å². The Balaban J connectivity index is 2.36. The highest BCUT2D eigenvalue weighted by Crippen LogP contribution is 2.35. The molecule has 1 N–H and O–H groups in total. The van der Waals surface area contributed by atoms with E-state index in [2.05, 4.69) is 20.7 Å². The number of sulfonamides is 1. The van der Waals surface area contributed by atoms with E-state index < -0.39 is 10.0 Å². The number of hydrogen-bond acceptors (Lipinski definition) is 3. The van der Waals surface area contributed by atoms with Gasteiger partial charge in [-0.3, -0.25) is 4.72 Å². The Morgan fingerprint density at radius 1 is 1.05 bits per heavy atom. The van der Waals surface area contributed by atoms with Crippen LogP contribution in [0, 0.1) is 0 Å². The lowest BCUT2D eigenvalue weighted by atomic mass is 10.3. The molecule has 0 atom stereocenters. The van der Waals surface area contributed by atoms with E-state index in [4.69, 9.17) is 34.8 Å². The van der Waals surface area contributed by atoms with Gasteiger partial charge in [0.25, 0.3) is 10.0 Å². The SMILES string of the molecule is O=S(=O)(Nc1cc(Cl)cc(Cl)c1)c1cc(Cl)c(Br)s1. The van der Waals surface area contributed by atoms with Crippen LogP contribution in [0.1, 0.15) is 0 Å². The predicted molar refractivity (Wildman–Crippen MR) is 84.3 cm³/mol. The molecule has 0 aliphatic heterocycles. The molecular formula is C10H5BrCl3NO2S2. The zero-order chi connectivity index (χ0) is 14.2. The molecule has 0 bridgehead atoms. The Kier molecular flexibility index (Phi) is 4.70. The number of benzene rings is 1. The first-order valence-corrected chi connectivity index (χ1v) is 8.94. The zero-order valence-electron chi connectivity index (χ0n) is 8.95. The van der Waals surface area contributed by atoms with Crippen molar-refractivity contribution >= 4 is 77.8 Å². The lowest BCUT2D eigenvalue weighted by molar-refractivity contribution is 0.603. The Bertz CT molecular complexity index is 691. The lowest BCUT2D eigenvalue weighted by Gasteiger charge is -2.07. The maximum absolute atomic E-state index is 12.1. The van der Waals surface area contributed by atoms with E-state index in [1.807, 2.05) is 0 Å². The first kappa shape index (κ1) is 15.4. The third kappa shape index (κ3) is 3.77. The molecule has 2 rings (SSSR count). The number of anilines is 1. The molecule has 19 heavy (non-hydrogen) atoms. The molecule has 1 aromatic carbocycles. The second kappa shape index (κ2) is 5.79. The summed E-state index contributed by atoms with van der Waals surface area (Å²) in [5, 5.41) is 1.03. The van der Waals surface area contributed by atoms with E-state index in [9.17, 15) is 8.42 Å². The number of nitrogens with one attached hydrogen (secondary N) is 1. The smallest absolute Gasteiger partial charge is 0.271 e. The van der Waals surface area contributed by atoms with Crippen LogP contribution in [-0.4, -0.2) is 8.42 Å². The van der Waals surface area contributed by atoms with Gasteiger partial charge in [-0.25, -0.2) is 8.42 Å². The average Bonchev–Trinajstić information content (AvgIpc) is 2.57. The van der Waals surface area contributed by atoms with Gasteiger partial charge >= 0.3 is 0 Å². The molecular weight excluding hydrogens is 417 g/mol. The Labute approximate surface area is 137 Å². The third-order valence-electron chi connectivity index (χ3n) is 2.00. The summed E-state index contributed by atoms with van der Waals surface area (Å²) in [5.41, 5.74) is 0.290. The summed E-state index contributed by atoms with van der Waals surface area (Å²) < 4.78 is 27.3. The first-order valence-electron chi connectivity index (χ1n) is 4.72. The predicted octanol–water partition coefficient (Wildman–Crippen LogP) is 5.27. The highest BCUT2D eigenvalue weighted by Gasteiger charge is 2.19. The van der Waals surface area contributed by atoms with E-state index in [1.165, 1.54) is 24.3 Å². The van der Waals surface area contributed by atoms with Crippen LogP contribution in [0.2, 0.25) is 15.1 Å². The molecule has 0 aliphatic rings. The van der Waals surface area contributed by atoms with Gasteiger partial charge in [0, 0.05) is 10.0 Å². The molecule has 0 fully saturated rings. The van der Waals surface area contributed by atoms with Crippen molar-refractivity contribution < 1.29 is 8.42 Å². The van der Waals surface area contributed by atoms with Gasteiger partial charge in [0.05, 0.1) is 14.5 Å². The van der Waals surface area contributed by atoms with E-state index in [1.54, 1.807) is 0 Å². The van der Waals surface area contributed by atoms with Crippen molar-refractivity contribution in [1.29, 1.82) is 0 Å². The minimum absolute atomic E-state index is 0.0977. The van der Waals surface area contributed by atoms with Crippen LogP contribution in [0.25, 0.3) is 0 Å². The largest absolute Gasteiger partial charge is 0.279 e. The molecule has 0 aliphatic carbocycles. The number of halogens is 4. The van der Waals surface area contributed by atoms with Crippen molar-refractivity contribution in [2.24, 2.45) is 0 Å². The second-order valence-corrected chi connectivity index (χ2v) is 9.01. The van der Waals surface area contributed by atoms with Gasteiger partial charge in [0.1, 0.15) is 4.21 Å². The summed E-state index contributed by atoms with van der Waals surface area (Å²) in [4.78, 5) is 0. The van der Waals surface area contributed by atoms with Crippen molar-refractivity contribution in [3.05, 3.63) is 43.1 Å². The normalized spacial score (nSPS) is 11.6. The van der Waals surface area contributed by atoms with Crippen LogP contribution >= 0.6 is 62.1 Å². The topological polar surface area (TPSA) is 46.2 Å². The fourth-order valence-corrected chi connectivity index (χ4v) is 5.24. The molecule has 0 saturated carbocycles. The van der Waals surface area contributed by atoms with Gasteiger partial charge < -0.3 is 0 Å². The maximum Gasteiger partial charge on any atom is 0.271 e.